The van der Waals surface area contributed by atoms with Crippen LogP contribution in [-0.2, 0) is 9.59 Å². The summed E-state index contributed by atoms with van der Waals surface area (Å²) in [7, 11) is 1.90. The maximum Gasteiger partial charge on any atom is 0.230 e. The third-order valence-corrected chi connectivity index (χ3v) is 4.29. The molecule has 0 aromatic rings. The second kappa shape index (κ2) is 5.26. The van der Waals surface area contributed by atoms with Crippen LogP contribution in [0.2, 0.25) is 0 Å². The second-order valence-electron chi connectivity index (χ2n) is 5.46. The summed E-state index contributed by atoms with van der Waals surface area (Å²) in [6, 6.07) is 0. The first-order chi connectivity index (χ1) is 8.59. The second-order valence-corrected chi connectivity index (χ2v) is 5.46. The van der Waals surface area contributed by atoms with Crippen LogP contribution in [0.25, 0.3) is 0 Å². The van der Waals surface area contributed by atoms with E-state index in [0.29, 0.717) is 26.2 Å². The van der Waals surface area contributed by atoms with E-state index in [1.807, 2.05) is 16.8 Å². The van der Waals surface area contributed by atoms with E-state index in [0.717, 1.165) is 25.8 Å². The minimum Gasteiger partial charge on any atom is -0.339 e. The Bertz CT molecular complexity index is 331. The Hall–Kier alpha value is -1.10. The van der Waals surface area contributed by atoms with E-state index < -0.39 is 0 Å². The first kappa shape index (κ1) is 13.3. The van der Waals surface area contributed by atoms with Crippen LogP contribution in [0.15, 0.2) is 0 Å². The Morgan fingerprint density at radius 2 is 1.67 bits per heavy atom. The van der Waals surface area contributed by atoms with Crippen LogP contribution in [0.4, 0.5) is 0 Å². The molecule has 18 heavy (non-hydrogen) atoms. The molecule has 1 heterocycles. The average Bonchev–Trinajstić information content (AvgIpc) is 2.33. The van der Waals surface area contributed by atoms with Gasteiger partial charge in [-0.15, -0.1) is 0 Å². The Labute approximate surface area is 108 Å². The van der Waals surface area contributed by atoms with Gasteiger partial charge < -0.3 is 15.1 Å². The molecule has 5 heteroatoms. The van der Waals surface area contributed by atoms with Crippen molar-refractivity contribution >= 4 is 11.8 Å². The molecule has 2 amide bonds. The molecule has 1 saturated heterocycles. The molecule has 0 bridgehead atoms. The van der Waals surface area contributed by atoms with Crippen molar-refractivity contribution in [3.63, 3.8) is 0 Å². The molecule has 0 aromatic carbocycles. The van der Waals surface area contributed by atoms with Crippen molar-refractivity contribution in [2.45, 2.75) is 26.2 Å². The maximum atomic E-state index is 12.6. The van der Waals surface area contributed by atoms with Gasteiger partial charge in [0.05, 0.1) is 5.41 Å². The molecular formula is C13H23N3O2. The van der Waals surface area contributed by atoms with Crippen molar-refractivity contribution in [2.75, 3.05) is 39.8 Å². The minimum atomic E-state index is -0.160. The molecule has 2 fully saturated rings. The Morgan fingerprint density at radius 1 is 1.11 bits per heavy atom. The van der Waals surface area contributed by atoms with Gasteiger partial charge in [0.2, 0.25) is 11.8 Å². The molecule has 0 unspecified atom stereocenters. The predicted octanol–water partition coefficient (Wildman–Crippen LogP) is 0.0668. The molecule has 1 saturated carbocycles. The van der Waals surface area contributed by atoms with E-state index in [9.17, 15) is 9.59 Å². The standard InChI is InChI=1S/C13H23N3O2/c1-11(17)15-6-8-16(9-7-15)12(18)13(10-14-2)4-3-5-13/h14H,3-10H2,1-2H3. The predicted molar refractivity (Wildman–Crippen MR) is 69.0 cm³/mol. The number of piperazine rings is 1. The highest BCUT2D eigenvalue weighted by atomic mass is 16.2. The van der Waals surface area contributed by atoms with E-state index >= 15 is 0 Å². The van der Waals surface area contributed by atoms with Crippen LogP contribution in [-0.4, -0.2) is 61.4 Å². The van der Waals surface area contributed by atoms with E-state index in [4.69, 9.17) is 0 Å². The van der Waals surface area contributed by atoms with Crippen LogP contribution >= 0.6 is 0 Å². The monoisotopic (exact) mass is 253 g/mol. The van der Waals surface area contributed by atoms with Crippen molar-refractivity contribution in [1.82, 2.24) is 15.1 Å². The Kier molecular flexibility index (Phi) is 3.90. The van der Waals surface area contributed by atoms with Crippen molar-refractivity contribution < 1.29 is 9.59 Å². The number of carbonyl (C=O) groups excluding carboxylic acids is 2. The van der Waals surface area contributed by atoms with Crippen molar-refractivity contribution in [2.24, 2.45) is 5.41 Å². The highest BCUT2D eigenvalue weighted by Crippen LogP contribution is 2.42. The third kappa shape index (κ3) is 2.36. The van der Waals surface area contributed by atoms with Crippen LogP contribution in [0.1, 0.15) is 26.2 Å². The van der Waals surface area contributed by atoms with Gasteiger partial charge >= 0.3 is 0 Å². The summed E-state index contributed by atoms with van der Waals surface area (Å²) < 4.78 is 0. The molecule has 1 aliphatic heterocycles. The topological polar surface area (TPSA) is 52.7 Å². The molecule has 0 atom stereocenters. The van der Waals surface area contributed by atoms with Gasteiger partial charge in [-0.05, 0) is 19.9 Å². The molecule has 0 spiro atoms. The molecule has 1 N–H and O–H groups in total. The SMILES string of the molecule is CNCC1(C(=O)N2CCN(C(C)=O)CC2)CCC1. The first-order valence-electron chi connectivity index (χ1n) is 6.78. The normalized spacial score (nSPS) is 22.6. The lowest BCUT2D eigenvalue weighted by atomic mass is 9.67. The van der Waals surface area contributed by atoms with Crippen LogP contribution in [0, 0.1) is 5.41 Å². The quantitative estimate of drug-likeness (QED) is 0.774. The number of hydrogen-bond donors (Lipinski definition) is 1. The lowest BCUT2D eigenvalue weighted by Crippen LogP contribution is -2.57. The Morgan fingerprint density at radius 3 is 2.06 bits per heavy atom. The molecule has 5 nitrogen and oxygen atoms in total. The molecule has 0 aromatic heterocycles. The zero-order chi connectivity index (χ0) is 13.2. The number of rotatable bonds is 3. The van der Waals surface area contributed by atoms with Crippen molar-refractivity contribution in [3.8, 4) is 0 Å². The number of carbonyl (C=O) groups is 2. The molecule has 0 radical (unpaired) electrons. The van der Waals surface area contributed by atoms with Gasteiger partial charge in [0, 0.05) is 39.6 Å². The van der Waals surface area contributed by atoms with E-state index in [2.05, 4.69) is 5.32 Å². The van der Waals surface area contributed by atoms with Crippen molar-refractivity contribution in [1.29, 1.82) is 0 Å². The number of hydrogen-bond acceptors (Lipinski definition) is 3. The fourth-order valence-electron chi connectivity index (χ4n) is 2.97. The summed E-state index contributed by atoms with van der Waals surface area (Å²) in [5.74, 6) is 0.391. The maximum absolute atomic E-state index is 12.6. The molecule has 1 aliphatic carbocycles. The highest BCUT2D eigenvalue weighted by molar-refractivity contribution is 5.84. The zero-order valence-corrected chi connectivity index (χ0v) is 11.4. The summed E-state index contributed by atoms with van der Waals surface area (Å²) in [5, 5.41) is 3.15. The highest BCUT2D eigenvalue weighted by Gasteiger charge is 2.46. The lowest BCUT2D eigenvalue weighted by Gasteiger charge is -2.45. The summed E-state index contributed by atoms with van der Waals surface area (Å²) in [6.45, 7) is 5.09. The van der Waals surface area contributed by atoms with E-state index in [-0.39, 0.29) is 17.2 Å². The molecule has 2 rings (SSSR count). The van der Waals surface area contributed by atoms with E-state index in [1.165, 1.54) is 0 Å². The average molecular weight is 253 g/mol. The smallest absolute Gasteiger partial charge is 0.230 e. The fourth-order valence-corrected chi connectivity index (χ4v) is 2.97. The summed E-state index contributed by atoms with van der Waals surface area (Å²) in [6.07, 6.45) is 3.15. The third-order valence-electron chi connectivity index (χ3n) is 4.29. The summed E-state index contributed by atoms with van der Waals surface area (Å²) in [4.78, 5) is 27.6. The number of amides is 2. The van der Waals surface area contributed by atoms with Gasteiger partial charge in [-0.2, -0.15) is 0 Å². The minimum absolute atomic E-state index is 0.107. The van der Waals surface area contributed by atoms with Gasteiger partial charge in [0.25, 0.3) is 0 Å². The largest absolute Gasteiger partial charge is 0.339 e. The number of nitrogens with zero attached hydrogens (tertiary/aromatic N) is 2. The van der Waals surface area contributed by atoms with Gasteiger partial charge in [-0.25, -0.2) is 0 Å². The van der Waals surface area contributed by atoms with Crippen LogP contribution < -0.4 is 5.32 Å². The van der Waals surface area contributed by atoms with Gasteiger partial charge in [-0.3, -0.25) is 9.59 Å². The Balaban J connectivity index is 1.92. The van der Waals surface area contributed by atoms with E-state index in [1.54, 1.807) is 6.92 Å². The zero-order valence-electron chi connectivity index (χ0n) is 11.4. The fraction of sp³-hybridized carbons (Fsp3) is 0.846. The van der Waals surface area contributed by atoms with Crippen LogP contribution in [0.5, 0.6) is 0 Å². The molecule has 2 aliphatic rings. The van der Waals surface area contributed by atoms with Gasteiger partial charge in [-0.1, -0.05) is 6.42 Å². The van der Waals surface area contributed by atoms with Crippen LogP contribution in [0.3, 0.4) is 0 Å². The lowest BCUT2D eigenvalue weighted by molar-refractivity contribution is -0.150. The summed E-state index contributed by atoms with van der Waals surface area (Å²) >= 11 is 0. The first-order valence-corrected chi connectivity index (χ1v) is 6.78. The van der Waals surface area contributed by atoms with Crippen molar-refractivity contribution in [3.05, 3.63) is 0 Å². The molecule has 102 valence electrons. The van der Waals surface area contributed by atoms with Gasteiger partial charge in [0.1, 0.15) is 0 Å². The number of nitrogens with one attached hydrogen (secondary N) is 1. The van der Waals surface area contributed by atoms with Gasteiger partial charge in [0.15, 0.2) is 0 Å². The molecular weight excluding hydrogens is 230 g/mol. The summed E-state index contributed by atoms with van der Waals surface area (Å²) in [5.41, 5.74) is -0.160.